The van der Waals surface area contributed by atoms with Crippen LogP contribution in [0.2, 0.25) is 0 Å². The van der Waals surface area contributed by atoms with Crippen LogP contribution in [-0.4, -0.2) is 27.5 Å². The van der Waals surface area contributed by atoms with E-state index in [0.29, 0.717) is 16.2 Å². The van der Waals surface area contributed by atoms with Crippen LogP contribution < -0.4 is 0 Å². The minimum absolute atomic E-state index is 0.0386. The highest BCUT2D eigenvalue weighted by molar-refractivity contribution is 7.88. The first-order chi connectivity index (χ1) is 15.7. The molecule has 0 aliphatic heterocycles. The van der Waals surface area contributed by atoms with Crippen LogP contribution in [0.15, 0.2) is 65.3 Å². The Balaban J connectivity index is 1.76. The highest BCUT2D eigenvalue weighted by atomic mass is 32.3. The quantitative estimate of drug-likeness (QED) is 0.266. The number of hydrogen-bond acceptors (Lipinski definition) is 5. The molecule has 0 amide bonds. The molecule has 6 nitrogen and oxygen atoms in total. The highest BCUT2D eigenvalue weighted by Crippen LogP contribution is 2.35. The SMILES string of the molecule is O=S(=O)(O)c1ccc(-c2cn(-c3cc(C(F)(F)F)cc(-c4ccc(C(F)(F)F)cc4)n3)cn2)s1. The summed E-state index contributed by atoms with van der Waals surface area (Å²) in [5.74, 6) is -0.213. The van der Waals surface area contributed by atoms with E-state index in [2.05, 4.69) is 9.97 Å². The van der Waals surface area contributed by atoms with Gasteiger partial charge in [-0.3, -0.25) is 9.12 Å². The molecule has 0 radical (unpaired) electrons. The number of thiophene rings is 1. The lowest BCUT2D eigenvalue weighted by Gasteiger charge is -2.13. The standard InChI is InChI=1S/C20H11F6N3O3S2/c21-19(22,23)12-3-1-11(2-4-12)14-7-13(20(24,25)26)8-17(28-14)29-9-15(27-10-29)16-5-6-18(33-16)34(30,31)32/h1-10H,(H,30,31,32). The number of rotatable bonds is 4. The van der Waals surface area contributed by atoms with Gasteiger partial charge in [0.25, 0.3) is 0 Å². The Hall–Kier alpha value is -3.23. The molecule has 3 aromatic heterocycles. The van der Waals surface area contributed by atoms with Crippen LogP contribution in [0, 0.1) is 0 Å². The van der Waals surface area contributed by atoms with Crippen LogP contribution in [0.1, 0.15) is 11.1 Å². The summed E-state index contributed by atoms with van der Waals surface area (Å²) < 4.78 is 111. The summed E-state index contributed by atoms with van der Waals surface area (Å²) in [6.45, 7) is 0. The van der Waals surface area contributed by atoms with Crippen molar-refractivity contribution in [1.82, 2.24) is 14.5 Å². The first kappa shape index (κ1) is 23.9. The van der Waals surface area contributed by atoms with Gasteiger partial charge in [-0.2, -0.15) is 34.8 Å². The molecule has 0 fully saturated rings. The number of hydrogen-bond donors (Lipinski definition) is 1. The highest BCUT2D eigenvalue weighted by Gasteiger charge is 2.33. The van der Waals surface area contributed by atoms with Crippen molar-refractivity contribution in [3.05, 3.63) is 72.2 Å². The summed E-state index contributed by atoms with van der Waals surface area (Å²) in [6.07, 6.45) is -6.91. The van der Waals surface area contributed by atoms with E-state index >= 15 is 0 Å². The van der Waals surface area contributed by atoms with Gasteiger partial charge in [0.2, 0.25) is 0 Å². The van der Waals surface area contributed by atoms with E-state index in [0.717, 1.165) is 53.4 Å². The first-order valence-corrected chi connectivity index (χ1v) is 11.4. The van der Waals surface area contributed by atoms with Crippen LogP contribution in [-0.2, 0) is 22.5 Å². The largest absolute Gasteiger partial charge is 0.416 e. The molecule has 1 N–H and O–H groups in total. The predicted octanol–water partition coefficient (Wildman–Crippen LogP) is 5.95. The summed E-state index contributed by atoms with van der Waals surface area (Å²) >= 11 is 0.706. The Kier molecular flexibility index (Phi) is 5.78. The predicted molar refractivity (Wildman–Crippen MR) is 110 cm³/mol. The van der Waals surface area contributed by atoms with Crippen molar-refractivity contribution in [2.24, 2.45) is 0 Å². The van der Waals surface area contributed by atoms with Gasteiger partial charge in [0.15, 0.2) is 0 Å². The maximum Gasteiger partial charge on any atom is 0.416 e. The van der Waals surface area contributed by atoms with Crippen molar-refractivity contribution in [3.8, 4) is 27.6 Å². The van der Waals surface area contributed by atoms with E-state index in [-0.39, 0.29) is 27.0 Å². The van der Waals surface area contributed by atoms with Gasteiger partial charge in [0.05, 0.1) is 27.4 Å². The van der Waals surface area contributed by atoms with Gasteiger partial charge in [0.1, 0.15) is 16.4 Å². The zero-order valence-electron chi connectivity index (χ0n) is 16.5. The van der Waals surface area contributed by atoms with E-state index in [1.54, 1.807) is 0 Å². The van der Waals surface area contributed by atoms with Crippen molar-refractivity contribution in [2.45, 2.75) is 16.6 Å². The van der Waals surface area contributed by atoms with E-state index in [1.165, 1.54) is 12.3 Å². The van der Waals surface area contributed by atoms with E-state index in [1.807, 2.05) is 0 Å². The number of imidazole rings is 1. The van der Waals surface area contributed by atoms with Crippen molar-refractivity contribution >= 4 is 21.5 Å². The molecule has 34 heavy (non-hydrogen) atoms. The fraction of sp³-hybridized carbons (Fsp3) is 0.100. The number of benzene rings is 1. The van der Waals surface area contributed by atoms with Crippen molar-refractivity contribution in [1.29, 1.82) is 0 Å². The molecular formula is C20H11F6N3O3S2. The van der Waals surface area contributed by atoms with Crippen molar-refractivity contribution in [2.75, 3.05) is 0 Å². The van der Waals surface area contributed by atoms with Gasteiger partial charge >= 0.3 is 22.5 Å². The van der Waals surface area contributed by atoms with Gasteiger partial charge in [0, 0.05) is 11.8 Å². The van der Waals surface area contributed by atoms with Gasteiger partial charge < -0.3 is 0 Å². The van der Waals surface area contributed by atoms with Gasteiger partial charge in [-0.05, 0) is 36.4 Å². The molecule has 0 unspecified atom stereocenters. The fourth-order valence-electron chi connectivity index (χ4n) is 2.96. The zero-order chi connectivity index (χ0) is 24.9. The van der Waals surface area contributed by atoms with Crippen molar-refractivity contribution in [3.63, 3.8) is 0 Å². The summed E-state index contributed by atoms with van der Waals surface area (Å²) in [4.78, 5) is 8.50. The minimum Gasteiger partial charge on any atom is -0.290 e. The Morgan fingerprint density at radius 1 is 0.853 bits per heavy atom. The lowest BCUT2D eigenvalue weighted by Crippen LogP contribution is -2.08. The summed E-state index contributed by atoms with van der Waals surface area (Å²) in [6, 6.07) is 7.53. The molecule has 0 aliphatic rings. The lowest BCUT2D eigenvalue weighted by atomic mass is 10.1. The van der Waals surface area contributed by atoms with Gasteiger partial charge in [-0.1, -0.05) is 12.1 Å². The second-order valence-corrected chi connectivity index (χ2v) is 9.66. The number of nitrogens with zero attached hydrogens (tertiary/aromatic N) is 3. The molecular weight excluding hydrogens is 508 g/mol. The van der Waals surface area contributed by atoms with Crippen LogP contribution in [0.3, 0.4) is 0 Å². The molecule has 4 rings (SSSR count). The molecule has 0 atom stereocenters. The molecule has 0 bridgehead atoms. The molecule has 0 saturated carbocycles. The lowest BCUT2D eigenvalue weighted by molar-refractivity contribution is -0.138. The number of aromatic nitrogens is 3. The molecule has 4 aromatic rings. The average Bonchev–Trinajstić information content (AvgIpc) is 3.42. The Morgan fingerprint density at radius 2 is 1.50 bits per heavy atom. The fourth-order valence-corrected chi connectivity index (χ4v) is 4.59. The molecule has 178 valence electrons. The molecule has 1 aromatic carbocycles. The number of alkyl halides is 6. The Labute approximate surface area is 191 Å². The second kappa shape index (κ2) is 8.21. The second-order valence-electron chi connectivity index (χ2n) is 6.93. The number of halogens is 6. The average molecular weight is 519 g/mol. The molecule has 3 heterocycles. The third kappa shape index (κ3) is 4.98. The summed E-state index contributed by atoms with van der Waals surface area (Å²) in [5, 5.41) is 0. The molecule has 0 saturated heterocycles. The topological polar surface area (TPSA) is 85.1 Å². The first-order valence-electron chi connectivity index (χ1n) is 9.11. The normalized spacial score (nSPS) is 12.8. The maximum absolute atomic E-state index is 13.5. The summed E-state index contributed by atoms with van der Waals surface area (Å²) in [7, 11) is -4.43. The maximum atomic E-state index is 13.5. The van der Waals surface area contributed by atoms with E-state index in [9.17, 15) is 34.8 Å². The third-order valence-corrected chi connectivity index (χ3v) is 7.01. The van der Waals surface area contributed by atoms with Gasteiger partial charge in [-0.15, -0.1) is 11.3 Å². The van der Waals surface area contributed by atoms with Crippen LogP contribution in [0.5, 0.6) is 0 Å². The monoisotopic (exact) mass is 519 g/mol. The van der Waals surface area contributed by atoms with Crippen LogP contribution in [0.25, 0.3) is 27.6 Å². The smallest absolute Gasteiger partial charge is 0.290 e. The molecule has 0 aliphatic carbocycles. The number of pyridine rings is 1. The van der Waals surface area contributed by atoms with E-state index < -0.39 is 33.6 Å². The van der Waals surface area contributed by atoms with E-state index in [4.69, 9.17) is 4.55 Å². The zero-order valence-corrected chi connectivity index (χ0v) is 18.1. The summed E-state index contributed by atoms with van der Waals surface area (Å²) in [5.41, 5.74) is -2.00. The molecule has 0 spiro atoms. The Morgan fingerprint density at radius 3 is 2.06 bits per heavy atom. The van der Waals surface area contributed by atoms with Gasteiger partial charge in [-0.25, -0.2) is 9.97 Å². The van der Waals surface area contributed by atoms with Crippen molar-refractivity contribution < 1.29 is 39.3 Å². The molecule has 14 heteroatoms. The van der Waals surface area contributed by atoms with Crippen LogP contribution in [0.4, 0.5) is 26.3 Å². The minimum atomic E-state index is -4.76. The Bertz CT molecular complexity index is 1460. The third-order valence-electron chi connectivity index (χ3n) is 4.58. The van der Waals surface area contributed by atoms with Crippen LogP contribution >= 0.6 is 11.3 Å².